The number of anilines is 1. The Morgan fingerprint density at radius 3 is 2.00 bits per heavy atom. The molecule has 0 spiro atoms. The number of amides is 1. The van der Waals surface area contributed by atoms with Gasteiger partial charge in [0.25, 0.3) is 0 Å². The van der Waals surface area contributed by atoms with Crippen LogP contribution in [0.4, 0.5) is 10.5 Å². The van der Waals surface area contributed by atoms with Gasteiger partial charge in [-0.25, -0.2) is 9.59 Å². The minimum absolute atomic E-state index is 0.0478. The van der Waals surface area contributed by atoms with E-state index in [9.17, 15) is 14.7 Å². The van der Waals surface area contributed by atoms with Crippen molar-refractivity contribution in [2.24, 2.45) is 0 Å². The minimum Gasteiger partial charge on any atom is -0.478 e. The van der Waals surface area contributed by atoms with E-state index in [2.05, 4.69) is 29.6 Å². The number of hydrogen-bond acceptors (Lipinski definition) is 3. The van der Waals surface area contributed by atoms with Gasteiger partial charge < -0.3 is 9.84 Å². The van der Waals surface area contributed by atoms with E-state index in [1.807, 2.05) is 54.6 Å². The number of carboxylic acids is 1. The first-order valence-corrected chi connectivity index (χ1v) is 10.7. The monoisotopic (exact) mass is 435 g/mol. The van der Waals surface area contributed by atoms with Crippen LogP contribution in [0.5, 0.6) is 0 Å². The molecule has 162 valence electrons. The van der Waals surface area contributed by atoms with E-state index < -0.39 is 12.1 Å². The summed E-state index contributed by atoms with van der Waals surface area (Å²) in [4.78, 5) is 24.3. The van der Waals surface area contributed by atoms with Crippen LogP contribution in [0.1, 0.15) is 27.4 Å². The van der Waals surface area contributed by atoms with Gasteiger partial charge in [-0.2, -0.15) is 0 Å². The Morgan fingerprint density at radius 2 is 1.36 bits per heavy atom. The third-order valence-electron chi connectivity index (χ3n) is 5.88. The van der Waals surface area contributed by atoms with E-state index in [1.54, 1.807) is 12.1 Å². The summed E-state index contributed by atoms with van der Waals surface area (Å²) in [5, 5.41) is 12.2. The standard InChI is InChI=1S/C28H21NO4/c30-27(31)20-14-19(18-8-2-1-3-9-18)15-21(16-20)29-28(32)33-17-26-24-12-6-4-10-22(24)23-11-5-7-13-25(23)26/h1-16,26H,17H2,(H,29,32)(H,30,31). The second kappa shape index (κ2) is 8.63. The van der Waals surface area contributed by atoms with Gasteiger partial charge in [-0.05, 0) is 51.6 Å². The van der Waals surface area contributed by atoms with E-state index in [-0.39, 0.29) is 18.1 Å². The van der Waals surface area contributed by atoms with Gasteiger partial charge in [-0.3, -0.25) is 5.32 Å². The molecule has 33 heavy (non-hydrogen) atoms. The molecule has 0 unspecified atom stereocenters. The summed E-state index contributed by atoms with van der Waals surface area (Å²) >= 11 is 0. The highest BCUT2D eigenvalue weighted by Crippen LogP contribution is 2.44. The molecule has 0 fully saturated rings. The van der Waals surface area contributed by atoms with Crippen molar-refractivity contribution in [3.63, 3.8) is 0 Å². The fourth-order valence-corrected chi connectivity index (χ4v) is 4.37. The van der Waals surface area contributed by atoms with Gasteiger partial charge in [0.1, 0.15) is 6.61 Å². The average Bonchev–Trinajstić information content (AvgIpc) is 3.17. The number of nitrogens with one attached hydrogen (secondary N) is 1. The maximum atomic E-state index is 12.6. The molecule has 4 aromatic carbocycles. The predicted molar refractivity (Wildman–Crippen MR) is 128 cm³/mol. The summed E-state index contributed by atoms with van der Waals surface area (Å²) in [5.74, 6) is -1.11. The topological polar surface area (TPSA) is 75.6 Å². The Balaban J connectivity index is 1.35. The molecular weight excluding hydrogens is 414 g/mol. The van der Waals surface area contributed by atoms with E-state index in [0.29, 0.717) is 11.3 Å². The number of carboxylic acid groups (broad SMARTS) is 1. The summed E-state index contributed by atoms with van der Waals surface area (Å²) in [6.07, 6.45) is -0.626. The van der Waals surface area contributed by atoms with Crippen molar-refractivity contribution < 1.29 is 19.4 Å². The van der Waals surface area contributed by atoms with Crippen LogP contribution in [0, 0.1) is 0 Å². The summed E-state index contributed by atoms with van der Waals surface area (Å²) in [6, 6.07) is 30.4. The molecule has 0 aliphatic heterocycles. The molecule has 2 N–H and O–H groups in total. The second-order valence-corrected chi connectivity index (χ2v) is 7.92. The van der Waals surface area contributed by atoms with Crippen LogP contribution in [0.3, 0.4) is 0 Å². The fourth-order valence-electron chi connectivity index (χ4n) is 4.37. The first kappa shape index (κ1) is 20.5. The number of rotatable bonds is 5. The van der Waals surface area contributed by atoms with Crippen LogP contribution < -0.4 is 5.32 Å². The Kier molecular flexibility index (Phi) is 5.37. The Bertz CT molecular complexity index is 1300. The molecule has 0 aromatic heterocycles. The molecule has 5 heteroatoms. The fraction of sp³-hybridized carbons (Fsp3) is 0.0714. The number of hydrogen-bond donors (Lipinski definition) is 2. The van der Waals surface area contributed by atoms with E-state index >= 15 is 0 Å². The molecule has 4 aromatic rings. The van der Waals surface area contributed by atoms with Gasteiger partial charge in [0.2, 0.25) is 0 Å². The zero-order chi connectivity index (χ0) is 22.8. The Hall–Kier alpha value is -4.38. The highest BCUT2D eigenvalue weighted by molar-refractivity contribution is 5.94. The number of aromatic carboxylic acids is 1. The van der Waals surface area contributed by atoms with Crippen molar-refractivity contribution in [2.75, 3.05) is 11.9 Å². The number of carbonyl (C=O) groups is 2. The largest absolute Gasteiger partial charge is 0.478 e. The van der Waals surface area contributed by atoms with E-state index in [1.165, 1.54) is 6.07 Å². The maximum Gasteiger partial charge on any atom is 0.411 e. The predicted octanol–water partition coefficient (Wildman–Crippen LogP) is 6.41. The number of fused-ring (bicyclic) bond motifs is 3. The molecule has 0 heterocycles. The van der Waals surface area contributed by atoms with Gasteiger partial charge in [-0.1, -0.05) is 78.9 Å². The lowest BCUT2D eigenvalue weighted by Crippen LogP contribution is -2.18. The van der Waals surface area contributed by atoms with E-state index in [0.717, 1.165) is 27.8 Å². The van der Waals surface area contributed by atoms with Crippen LogP contribution in [0.2, 0.25) is 0 Å². The Morgan fingerprint density at radius 1 is 0.758 bits per heavy atom. The molecule has 1 amide bonds. The zero-order valence-corrected chi connectivity index (χ0v) is 17.7. The van der Waals surface area contributed by atoms with Crippen LogP contribution >= 0.6 is 0 Å². The lowest BCUT2D eigenvalue weighted by Gasteiger charge is -2.15. The van der Waals surface area contributed by atoms with E-state index in [4.69, 9.17) is 4.74 Å². The van der Waals surface area contributed by atoms with Crippen molar-refractivity contribution in [1.29, 1.82) is 0 Å². The first-order valence-electron chi connectivity index (χ1n) is 10.7. The molecule has 0 saturated heterocycles. The molecule has 1 aliphatic carbocycles. The molecular formula is C28H21NO4. The SMILES string of the molecule is O=C(Nc1cc(C(=O)O)cc(-c2ccccc2)c1)OCC1c2ccccc2-c2ccccc21. The van der Waals surface area contributed by atoms with Gasteiger partial charge in [0.05, 0.1) is 5.56 Å². The minimum atomic E-state index is -1.07. The summed E-state index contributed by atoms with van der Waals surface area (Å²) < 4.78 is 5.59. The second-order valence-electron chi connectivity index (χ2n) is 7.92. The van der Waals surface area contributed by atoms with Gasteiger partial charge in [0, 0.05) is 11.6 Å². The summed E-state index contributed by atoms with van der Waals surface area (Å²) in [6.45, 7) is 0.185. The van der Waals surface area contributed by atoms with Gasteiger partial charge >= 0.3 is 12.1 Å². The Labute approximate surface area is 191 Å². The van der Waals surface area contributed by atoms with Crippen LogP contribution in [-0.4, -0.2) is 23.8 Å². The summed E-state index contributed by atoms with van der Waals surface area (Å²) in [7, 11) is 0. The molecule has 0 radical (unpaired) electrons. The van der Waals surface area contributed by atoms with Crippen molar-refractivity contribution in [3.05, 3.63) is 114 Å². The van der Waals surface area contributed by atoms with Gasteiger partial charge in [-0.15, -0.1) is 0 Å². The number of benzene rings is 4. The highest BCUT2D eigenvalue weighted by Gasteiger charge is 2.29. The molecule has 0 atom stereocenters. The summed E-state index contributed by atoms with van der Waals surface area (Å²) in [5.41, 5.74) is 6.58. The first-order chi connectivity index (χ1) is 16.1. The zero-order valence-electron chi connectivity index (χ0n) is 17.7. The molecule has 0 saturated carbocycles. The van der Waals surface area contributed by atoms with Crippen LogP contribution in [-0.2, 0) is 4.74 Å². The average molecular weight is 435 g/mol. The van der Waals surface area contributed by atoms with Crippen molar-refractivity contribution >= 4 is 17.7 Å². The third kappa shape index (κ3) is 4.08. The highest BCUT2D eigenvalue weighted by atomic mass is 16.5. The van der Waals surface area contributed by atoms with Crippen molar-refractivity contribution in [2.45, 2.75) is 5.92 Å². The maximum absolute atomic E-state index is 12.6. The van der Waals surface area contributed by atoms with Crippen LogP contribution in [0.15, 0.2) is 97.1 Å². The van der Waals surface area contributed by atoms with Crippen molar-refractivity contribution in [3.8, 4) is 22.3 Å². The number of ether oxygens (including phenoxy) is 1. The lowest BCUT2D eigenvalue weighted by atomic mass is 9.98. The smallest absolute Gasteiger partial charge is 0.411 e. The van der Waals surface area contributed by atoms with Gasteiger partial charge in [0.15, 0.2) is 0 Å². The normalized spacial score (nSPS) is 12.0. The molecule has 1 aliphatic rings. The molecule has 5 rings (SSSR count). The molecule has 0 bridgehead atoms. The quantitative estimate of drug-likeness (QED) is 0.380. The third-order valence-corrected chi connectivity index (χ3v) is 5.88. The van der Waals surface area contributed by atoms with Crippen molar-refractivity contribution in [1.82, 2.24) is 0 Å². The molecule has 5 nitrogen and oxygen atoms in total. The van der Waals surface area contributed by atoms with Crippen LogP contribution in [0.25, 0.3) is 22.3 Å². The number of carbonyl (C=O) groups excluding carboxylic acids is 1. The lowest BCUT2D eigenvalue weighted by molar-refractivity contribution is 0.0697.